The van der Waals surface area contributed by atoms with E-state index in [1.54, 1.807) is 17.7 Å². The second kappa shape index (κ2) is 8.49. The van der Waals surface area contributed by atoms with Gasteiger partial charge >= 0.3 is 4.87 Å². The number of aryl methyl sites for hydroxylation is 1. The van der Waals surface area contributed by atoms with Crippen molar-refractivity contribution < 1.29 is 4.79 Å². The number of thiazole rings is 1. The van der Waals surface area contributed by atoms with Crippen molar-refractivity contribution in [2.75, 3.05) is 18.4 Å². The molecule has 172 valence electrons. The van der Waals surface area contributed by atoms with Crippen molar-refractivity contribution in [1.82, 2.24) is 19.9 Å². The zero-order chi connectivity index (χ0) is 23.2. The summed E-state index contributed by atoms with van der Waals surface area (Å²) in [7, 11) is 0. The number of nitrogens with one attached hydrogen (secondary N) is 2. The highest BCUT2D eigenvalue weighted by Gasteiger charge is 2.33. The van der Waals surface area contributed by atoms with Gasteiger partial charge in [-0.15, -0.1) is 11.3 Å². The topological polar surface area (TPSA) is 115 Å². The summed E-state index contributed by atoms with van der Waals surface area (Å²) in [5.74, 6) is 0.853. The van der Waals surface area contributed by atoms with Gasteiger partial charge in [-0.2, -0.15) is 5.26 Å². The molecule has 1 amide bonds. The van der Waals surface area contributed by atoms with Crippen LogP contribution in [0.15, 0.2) is 29.3 Å². The van der Waals surface area contributed by atoms with Gasteiger partial charge < -0.3 is 15.2 Å². The fourth-order valence-electron chi connectivity index (χ4n) is 5.12. The number of likely N-dealkylation sites (tertiary alicyclic amines) is 1. The summed E-state index contributed by atoms with van der Waals surface area (Å²) in [5, 5.41) is 13.7. The molecule has 4 aromatic rings. The van der Waals surface area contributed by atoms with Crippen molar-refractivity contribution in [3.63, 3.8) is 0 Å². The van der Waals surface area contributed by atoms with Crippen molar-refractivity contribution in [2.24, 2.45) is 11.8 Å². The van der Waals surface area contributed by atoms with Crippen LogP contribution in [0.25, 0.3) is 20.4 Å². The molecule has 34 heavy (non-hydrogen) atoms. The second-order valence-corrected chi connectivity index (χ2v) is 11.0. The number of benzene rings is 1. The van der Waals surface area contributed by atoms with Crippen LogP contribution >= 0.6 is 22.7 Å². The van der Waals surface area contributed by atoms with Crippen molar-refractivity contribution in [2.45, 2.75) is 32.1 Å². The van der Waals surface area contributed by atoms with Gasteiger partial charge in [-0.3, -0.25) is 9.59 Å². The smallest absolute Gasteiger partial charge is 0.305 e. The molecule has 8 nitrogen and oxygen atoms in total. The summed E-state index contributed by atoms with van der Waals surface area (Å²) in [5.41, 5.74) is 2.92. The lowest BCUT2D eigenvalue weighted by molar-refractivity contribution is -0.137. The van der Waals surface area contributed by atoms with Crippen molar-refractivity contribution >= 4 is 60.5 Å². The number of hydrogen-bond donors (Lipinski definition) is 2. The molecular weight excluding hydrogens is 468 g/mol. The molecule has 2 N–H and O–H groups in total. The number of amides is 1. The Bertz CT molecular complexity index is 1510. The SMILES string of the molecule is N#CC1CCCN(C(=O)C2CCc3c(sc4ncnc(Nc5ccc6[nH]c(=O)sc6c5)c34)C2)C1. The van der Waals surface area contributed by atoms with Gasteiger partial charge in [0, 0.05) is 29.6 Å². The van der Waals surface area contributed by atoms with E-state index in [0.717, 1.165) is 64.2 Å². The van der Waals surface area contributed by atoms with Crippen LogP contribution in [0.2, 0.25) is 0 Å². The van der Waals surface area contributed by atoms with E-state index in [2.05, 4.69) is 26.3 Å². The third kappa shape index (κ3) is 3.75. The number of nitrogens with zero attached hydrogens (tertiary/aromatic N) is 4. The van der Waals surface area contributed by atoms with Gasteiger partial charge in [-0.1, -0.05) is 11.3 Å². The summed E-state index contributed by atoms with van der Waals surface area (Å²) in [6, 6.07) is 8.11. The molecule has 1 fully saturated rings. The van der Waals surface area contributed by atoms with Gasteiger partial charge in [0.2, 0.25) is 5.91 Å². The maximum atomic E-state index is 13.2. The Morgan fingerprint density at radius 2 is 2.18 bits per heavy atom. The molecular formula is C24H22N6O2S2. The first-order valence-electron chi connectivity index (χ1n) is 11.4. The highest BCUT2D eigenvalue weighted by Crippen LogP contribution is 2.41. The van der Waals surface area contributed by atoms with E-state index in [1.807, 2.05) is 23.1 Å². The minimum Gasteiger partial charge on any atom is -0.341 e. The zero-order valence-electron chi connectivity index (χ0n) is 18.3. The molecule has 0 radical (unpaired) electrons. The molecule has 1 saturated heterocycles. The minimum absolute atomic E-state index is 0.0406. The molecule has 2 aliphatic rings. The Morgan fingerprint density at radius 3 is 3.06 bits per heavy atom. The highest BCUT2D eigenvalue weighted by atomic mass is 32.1. The van der Waals surface area contributed by atoms with E-state index in [-0.39, 0.29) is 22.6 Å². The van der Waals surface area contributed by atoms with Crippen LogP contribution in [0.3, 0.4) is 0 Å². The number of aromatic amines is 1. The fraction of sp³-hybridized carbons (Fsp3) is 0.375. The van der Waals surface area contributed by atoms with Gasteiger partial charge in [0.1, 0.15) is 17.0 Å². The van der Waals surface area contributed by atoms with Gasteiger partial charge in [-0.05, 0) is 55.9 Å². The Hall–Kier alpha value is -3.29. The lowest BCUT2D eigenvalue weighted by atomic mass is 9.86. The summed E-state index contributed by atoms with van der Waals surface area (Å²) < 4.78 is 0.894. The molecule has 1 aliphatic carbocycles. The fourth-order valence-corrected chi connectivity index (χ4v) is 7.16. The van der Waals surface area contributed by atoms with E-state index in [1.165, 1.54) is 21.8 Å². The van der Waals surface area contributed by atoms with Crippen LogP contribution in [0.1, 0.15) is 29.7 Å². The van der Waals surface area contributed by atoms with E-state index in [4.69, 9.17) is 0 Å². The number of nitriles is 1. The van der Waals surface area contributed by atoms with Gasteiger partial charge in [0.05, 0.1) is 27.6 Å². The molecule has 0 bridgehead atoms. The third-order valence-corrected chi connectivity index (χ3v) is 8.80. The van der Waals surface area contributed by atoms with Gasteiger partial charge in [-0.25, -0.2) is 9.97 Å². The number of fused-ring (bicyclic) bond motifs is 4. The number of anilines is 2. The molecule has 6 rings (SSSR count). The lowest BCUT2D eigenvalue weighted by Gasteiger charge is -2.33. The van der Waals surface area contributed by atoms with Gasteiger partial charge in [0.25, 0.3) is 0 Å². The maximum absolute atomic E-state index is 13.2. The summed E-state index contributed by atoms with van der Waals surface area (Å²) in [4.78, 5) is 40.7. The predicted molar refractivity (Wildman–Crippen MR) is 134 cm³/mol. The van der Waals surface area contributed by atoms with Crippen molar-refractivity contribution in [3.05, 3.63) is 44.6 Å². The predicted octanol–water partition coefficient (Wildman–Crippen LogP) is 4.20. The molecule has 2 unspecified atom stereocenters. The first-order valence-corrected chi connectivity index (χ1v) is 13.1. The maximum Gasteiger partial charge on any atom is 0.305 e. The third-order valence-electron chi connectivity index (χ3n) is 6.79. The number of H-pyrrole nitrogens is 1. The number of hydrogen-bond acceptors (Lipinski definition) is 8. The van der Waals surface area contributed by atoms with Crippen LogP contribution in [0, 0.1) is 23.2 Å². The Morgan fingerprint density at radius 1 is 1.26 bits per heavy atom. The van der Waals surface area contributed by atoms with Crippen LogP contribution in [0.4, 0.5) is 11.5 Å². The average molecular weight is 491 g/mol. The summed E-state index contributed by atoms with van der Waals surface area (Å²) in [6.45, 7) is 1.32. The van der Waals surface area contributed by atoms with Gasteiger partial charge in [0.15, 0.2) is 0 Å². The molecule has 1 aromatic carbocycles. The second-order valence-electron chi connectivity index (χ2n) is 8.95. The van der Waals surface area contributed by atoms with Crippen molar-refractivity contribution in [1.29, 1.82) is 5.26 Å². The van der Waals surface area contributed by atoms with E-state index in [9.17, 15) is 14.9 Å². The van der Waals surface area contributed by atoms with Crippen molar-refractivity contribution in [3.8, 4) is 6.07 Å². The summed E-state index contributed by atoms with van der Waals surface area (Å²) >= 11 is 2.83. The normalized spacial score (nSPS) is 20.3. The number of piperidine rings is 1. The average Bonchev–Trinajstić information content (AvgIpc) is 3.42. The monoisotopic (exact) mass is 490 g/mol. The lowest BCUT2D eigenvalue weighted by Crippen LogP contribution is -2.43. The molecule has 0 saturated carbocycles. The Balaban J connectivity index is 1.27. The molecule has 0 spiro atoms. The molecule has 1 aliphatic heterocycles. The van der Waals surface area contributed by atoms with Crippen LogP contribution in [-0.4, -0.2) is 38.8 Å². The van der Waals surface area contributed by atoms with Crippen LogP contribution < -0.4 is 10.2 Å². The number of carbonyl (C=O) groups excluding carboxylic acids is 1. The first kappa shape index (κ1) is 21.3. The largest absolute Gasteiger partial charge is 0.341 e. The standard InChI is InChI=1S/C24H22N6O2S2/c25-10-13-2-1-7-30(11-13)23(31)14-3-5-16-18(8-14)33-22-20(16)21(26-12-27-22)28-15-4-6-17-19(9-15)34-24(32)29-17/h4,6,9,12-14H,1-3,5,7-8,11H2,(H,29,32)(H,26,27,28). The number of rotatable bonds is 3. The number of carbonyl (C=O) groups is 1. The molecule has 3 aromatic heterocycles. The summed E-state index contributed by atoms with van der Waals surface area (Å²) in [6.07, 6.45) is 5.67. The van der Waals surface area contributed by atoms with Crippen LogP contribution in [0.5, 0.6) is 0 Å². The first-order chi connectivity index (χ1) is 16.6. The Kier molecular flexibility index (Phi) is 5.31. The van der Waals surface area contributed by atoms with Crippen LogP contribution in [-0.2, 0) is 17.6 Å². The van der Waals surface area contributed by atoms with E-state index < -0.39 is 0 Å². The highest BCUT2D eigenvalue weighted by molar-refractivity contribution is 7.19. The number of thiophene rings is 1. The quantitative estimate of drug-likeness (QED) is 0.445. The molecule has 4 heterocycles. The minimum atomic E-state index is -0.0692. The van der Waals surface area contributed by atoms with E-state index in [0.29, 0.717) is 13.0 Å². The zero-order valence-corrected chi connectivity index (χ0v) is 20.0. The number of aromatic nitrogens is 3. The van der Waals surface area contributed by atoms with E-state index >= 15 is 0 Å². The molecule has 2 atom stereocenters. The Labute approximate surface area is 203 Å². The molecule has 10 heteroatoms.